The van der Waals surface area contributed by atoms with Crippen molar-refractivity contribution in [1.29, 1.82) is 0 Å². The third-order valence-electron chi connectivity index (χ3n) is 8.07. The summed E-state index contributed by atoms with van der Waals surface area (Å²) < 4.78 is 38.8. The predicted octanol–water partition coefficient (Wildman–Crippen LogP) is 8.22. The Morgan fingerprint density at radius 3 is 2.29 bits per heavy atom. The van der Waals surface area contributed by atoms with Crippen LogP contribution in [0.4, 0.5) is 29.3 Å². The number of rotatable bonds is 10. The van der Waals surface area contributed by atoms with E-state index in [1.165, 1.54) is 23.3 Å². The molecule has 1 aliphatic carbocycles. The third-order valence-corrected chi connectivity index (χ3v) is 8.07. The van der Waals surface area contributed by atoms with Crippen molar-refractivity contribution in [2.45, 2.75) is 58.5 Å². The number of carboxylic acid groups (broad SMARTS) is 1. The van der Waals surface area contributed by atoms with Gasteiger partial charge in [-0.25, -0.2) is 4.79 Å². The highest BCUT2D eigenvalue weighted by atomic mass is 19.4. The molecule has 0 radical (unpaired) electrons. The SMILES string of the molecule is CCC(C)[C@H](CC(=O)CC1CCc2cc(-c3ccc(NC(=O)Nc4cccc(C(F)(F)F)c4)cc3)ccc2C1)C(=O)O. The van der Waals surface area contributed by atoms with Gasteiger partial charge < -0.3 is 15.7 Å². The number of hydrogen-bond acceptors (Lipinski definition) is 3. The minimum atomic E-state index is -4.50. The lowest BCUT2D eigenvalue weighted by molar-refractivity contribution is -0.145. The van der Waals surface area contributed by atoms with Gasteiger partial charge in [0, 0.05) is 24.2 Å². The number of ketones is 1. The average molecular weight is 581 g/mol. The fourth-order valence-corrected chi connectivity index (χ4v) is 5.46. The second-order valence-corrected chi connectivity index (χ2v) is 11.1. The molecule has 0 bridgehead atoms. The first-order chi connectivity index (χ1) is 19.9. The standard InChI is InChI=1S/C33H35F3N2O4/c1-3-20(2)30(31(40)41)19-29(39)16-21-7-8-25-17-24(10-9-23(25)15-21)22-11-13-27(14-12-22)37-32(42)38-28-6-4-5-26(18-28)33(34,35)36/h4-6,9-14,17-18,20-21,30H,3,7-8,15-16,19H2,1-2H3,(H,40,41)(H2,37,38,42)/t20?,21?,30-/m0/s1. The van der Waals surface area contributed by atoms with E-state index in [2.05, 4.69) is 22.8 Å². The zero-order valence-corrected chi connectivity index (χ0v) is 23.6. The number of nitrogens with one attached hydrogen (secondary N) is 2. The van der Waals surface area contributed by atoms with E-state index in [1.807, 2.05) is 32.0 Å². The number of fused-ring (bicyclic) bond motifs is 1. The molecule has 6 nitrogen and oxygen atoms in total. The van der Waals surface area contributed by atoms with Crippen LogP contribution in [0.2, 0.25) is 0 Å². The number of carbonyl (C=O) groups is 3. The lowest BCUT2D eigenvalue weighted by Gasteiger charge is -2.25. The Kier molecular flexibility index (Phi) is 9.70. The number of benzene rings is 3. The number of halogens is 3. The lowest BCUT2D eigenvalue weighted by atomic mass is 9.79. The Labute approximate surface area is 243 Å². The molecule has 3 N–H and O–H groups in total. The summed E-state index contributed by atoms with van der Waals surface area (Å²) in [6, 6.07) is 17.2. The molecule has 3 atom stereocenters. The van der Waals surface area contributed by atoms with Gasteiger partial charge in [-0.1, -0.05) is 56.7 Å². The third kappa shape index (κ3) is 7.99. The summed E-state index contributed by atoms with van der Waals surface area (Å²) in [5, 5.41) is 14.6. The van der Waals surface area contributed by atoms with Crippen LogP contribution in [0.3, 0.4) is 0 Å². The first-order valence-electron chi connectivity index (χ1n) is 14.1. The van der Waals surface area contributed by atoms with E-state index >= 15 is 0 Å². The summed E-state index contributed by atoms with van der Waals surface area (Å²) >= 11 is 0. The topological polar surface area (TPSA) is 95.5 Å². The average Bonchev–Trinajstić information content (AvgIpc) is 2.95. The molecule has 0 aliphatic heterocycles. The molecular formula is C33H35F3N2O4. The van der Waals surface area contributed by atoms with Crippen LogP contribution in [0.25, 0.3) is 11.1 Å². The molecule has 4 rings (SSSR count). The molecule has 42 heavy (non-hydrogen) atoms. The fourth-order valence-electron chi connectivity index (χ4n) is 5.46. The van der Waals surface area contributed by atoms with Gasteiger partial charge in [-0.15, -0.1) is 0 Å². The van der Waals surface area contributed by atoms with E-state index < -0.39 is 29.7 Å². The largest absolute Gasteiger partial charge is 0.481 e. The van der Waals surface area contributed by atoms with Crippen LogP contribution >= 0.6 is 0 Å². The van der Waals surface area contributed by atoms with Crippen molar-refractivity contribution in [3.63, 3.8) is 0 Å². The minimum absolute atomic E-state index is 0.0185. The summed E-state index contributed by atoms with van der Waals surface area (Å²) in [6.07, 6.45) is -0.797. The second-order valence-electron chi connectivity index (χ2n) is 11.1. The summed E-state index contributed by atoms with van der Waals surface area (Å²) in [7, 11) is 0. The molecule has 0 spiro atoms. The Bertz CT molecular complexity index is 1440. The monoisotopic (exact) mass is 580 g/mol. The minimum Gasteiger partial charge on any atom is -0.481 e. The number of carbonyl (C=O) groups excluding carboxylic acids is 2. The van der Waals surface area contributed by atoms with E-state index in [-0.39, 0.29) is 29.7 Å². The Balaban J connectivity index is 1.33. The highest BCUT2D eigenvalue weighted by Gasteiger charge is 2.31. The Morgan fingerprint density at radius 1 is 0.929 bits per heavy atom. The second kappa shape index (κ2) is 13.2. The number of alkyl halides is 3. The molecule has 0 saturated carbocycles. The zero-order valence-electron chi connectivity index (χ0n) is 23.6. The molecule has 0 saturated heterocycles. The van der Waals surface area contributed by atoms with Gasteiger partial charge in [0.1, 0.15) is 5.78 Å². The van der Waals surface area contributed by atoms with Crippen molar-refractivity contribution in [1.82, 2.24) is 0 Å². The molecule has 9 heteroatoms. The molecule has 222 valence electrons. The van der Waals surface area contributed by atoms with Gasteiger partial charge in [0.15, 0.2) is 0 Å². The number of carboxylic acids is 1. The van der Waals surface area contributed by atoms with Crippen LogP contribution in [0.15, 0.2) is 66.7 Å². The van der Waals surface area contributed by atoms with Gasteiger partial charge in [0.05, 0.1) is 11.5 Å². The van der Waals surface area contributed by atoms with Crippen LogP contribution < -0.4 is 10.6 Å². The molecular weight excluding hydrogens is 545 g/mol. The maximum Gasteiger partial charge on any atom is 0.416 e. The van der Waals surface area contributed by atoms with E-state index in [0.717, 1.165) is 48.9 Å². The van der Waals surface area contributed by atoms with Crippen molar-refractivity contribution in [3.8, 4) is 11.1 Å². The van der Waals surface area contributed by atoms with E-state index in [4.69, 9.17) is 0 Å². The quantitative estimate of drug-likeness (QED) is 0.225. The van der Waals surface area contributed by atoms with Gasteiger partial charge >= 0.3 is 18.2 Å². The summed E-state index contributed by atoms with van der Waals surface area (Å²) in [5.41, 5.74) is 4.07. The van der Waals surface area contributed by atoms with Gasteiger partial charge in [0.2, 0.25) is 0 Å². The molecule has 3 aromatic carbocycles. The fraction of sp³-hybridized carbons (Fsp3) is 0.364. The van der Waals surface area contributed by atoms with E-state index in [0.29, 0.717) is 12.1 Å². The maximum atomic E-state index is 12.9. The first kappa shape index (κ1) is 30.8. The molecule has 0 heterocycles. The van der Waals surface area contributed by atoms with Crippen LogP contribution in [-0.2, 0) is 28.6 Å². The highest BCUT2D eigenvalue weighted by Crippen LogP contribution is 2.33. The number of hydrogen-bond donors (Lipinski definition) is 3. The van der Waals surface area contributed by atoms with Crippen LogP contribution in [0, 0.1) is 17.8 Å². The number of amides is 2. The Hall–Kier alpha value is -4.14. The first-order valence-corrected chi connectivity index (χ1v) is 14.1. The van der Waals surface area contributed by atoms with Gasteiger partial charge in [-0.05, 0) is 83.7 Å². The van der Waals surface area contributed by atoms with Crippen molar-refractivity contribution in [3.05, 3.63) is 83.4 Å². The molecule has 0 fully saturated rings. The molecule has 1 aliphatic rings. The van der Waals surface area contributed by atoms with E-state index in [9.17, 15) is 32.7 Å². The lowest BCUT2D eigenvalue weighted by Crippen LogP contribution is -2.26. The summed E-state index contributed by atoms with van der Waals surface area (Å²) in [4.78, 5) is 36.6. The molecule has 3 aromatic rings. The predicted molar refractivity (Wildman–Crippen MR) is 156 cm³/mol. The van der Waals surface area contributed by atoms with Crippen LogP contribution in [-0.4, -0.2) is 22.9 Å². The number of anilines is 2. The van der Waals surface area contributed by atoms with Gasteiger partial charge in [0.25, 0.3) is 0 Å². The number of Topliss-reactive ketones (excluding diaryl/α,β-unsaturated/α-hetero) is 1. The van der Waals surface area contributed by atoms with Crippen LogP contribution in [0.1, 0.15) is 56.2 Å². The van der Waals surface area contributed by atoms with Crippen molar-refractivity contribution in [2.24, 2.45) is 17.8 Å². The highest BCUT2D eigenvalue weighted by molar-refractivity contribution is 6.00. The van der Waals surface area contributed by atoms with Crippen LogP contribution in [0.5, 0.6) is 0 Å². The number of aryl methyl sites for hydroxylation is 1. The Morgan fingerprint density at radius 2 is 1.62 bits per heavy atom. The zero-order chi connectivity index (χ0) is 30.4. The van der Waals surface area contributed by atoms with Crippen molar-refractivity contribution in [2.75, 3.05) is 10.6 Å². The molecule has 0 aromatic heterocycles. The van der Waals surface area contributed by atoms with Gasteiger partial charge in [-0.3, -0.25) is 9.59 Å². The maximum absolute atomic E-state index is 12.9. The molecule has 2 amide bonds. The summed E-state index contributed by atoms with van der Waals surface area (Å²) in [5.74, 6) is -1.35. The number of aliphatic carboxylic acids is 1. The van der Waals surface area contributed by atoms with Crippen molar-refractivity contribution >= 4 is 29.2 Å². The van der Waals surface area contributed by atoms with Crippen molar-refractivity contribution < 1.29 is 32.7 Å². The number of urea groups is 1. The molecule has 2 unspecified atom stereocenters. The normalized spacial score (nSPS) is 16.2. The smallest absolute Gasteiger partial charge is 0.416 e. The van der Waals surface area contributed by atoms with Gasteiger partial charge in [-0.2, -0.15) is 13.2 Å². The van der Waals surface area contributed by atoms with E-state index in [1.54, 1.807) is 12.1 Å². The summed E-state index contributed by atoms with van der Waals surface area (Å²) in [6.45, 7) is 3.82.